The monoisotopic (exact) mass is 292 g/mol. The second kappa shape index (κ2) is 6.43. The van der Waals surface area contributed by atoms with Crippen LogP contribution < -0.4 is 4.90 Å². The van der Waals surface area contributed by atoms with Gasteiger partial charge in [0.1, 0.15) is 5.82 Å². The average molecular weight is 292 g/mol. The molecule has 112 valence electrons. The number of benzene rings is 1. The van der Waals surface area contributed by atoms with Crippen LogP contribution in [0.25, 0.3) is 11.4 Å². The molecule has 0 aliphatic heterocycles. The first-order valence-electron chi connectivity index (χ1n) is 7.45. The lowest BCUT2D eigenvalue weighted by Gasteiger charge is -2.27. The predicted octanol–water partition coefficient (Wildman–Crippen LogP) is 3.47. The topological polar surface area (TPSA) is 34.0 Å². The highest BCUT2D eigenvalue weighted by atomic mass is 15.2. The van der Waals surface area contributed by atoms with Crippen LogP contribution >= 0.6 is 0 Å². The molecule has 0 aliphatic carbocycles. The third-order valence-corrected chi connectivity index (χ3v) is 3.94. The molecule has 1 atom stereocenters. The third-order valence-electron chi connectivity index (χ3n) is 3.94. The van der Waals surface area contributed by atoms with Gasteiger partial charge in [-0.3, -0.25) is 4.98 Å². The molecule has 0 aliphatic rings. The number of hydrogen-bond acceptors (Lipinski definition) is 3. The van der Waals surface area contributed by atoms with Crippen LogP contribution in [0.1, 0.15) is 6.92 Å². The van der Waals surface area contributed by atoms with Crippen LogP contribution in [0.15, 0.2) is 67.3 Å². The number of likely N-dealkylation sites (N-methyl/N-ethyl adjacent to an activating group) is 1. The first-order chi connectivity index (χ1) is 10.8. The lowest BCUT2D eigenvalue weighted by molar-refractivity contribution is 0.567. The fourth-order valence-corrected chi connectivity index (χ4v) is 2.54. The number of hydrogen-bond donors (Lipinski definition) is 0. The second-order valence-electron chi connectivity index (χ2n) is 5.43. The van der Waals surface area contributed by atoms with Gasteiger partial charge in [0.2, 0.25) is 0 Å². The summed E-state index contributed by atoms with van der Waals surface area (Å²) in [5.74, 6) is 0.982. The van der Waals surface area contributed by atoms with Gasteiger partial charge in [0, 0.05) is 55.7 Å². The maximum Gasteiger partial charge on any atom is 0.140 e. The van der Waals surface area contributed by atoms with Crippen LogP contribution in [0.5, 0.6) is 0 Å². The van der Waals surface area contributed by atoms with Crippen molar-refractivity contribution < 1.29 is 0 Å². The van der Waals surface area contributed by atoms with Crippen LogP contribution in [0, 0.1) is 0 Å². The molecule has 0 saturated heterocycles. The minimum absolute atomic E-state index is 0.359. The summed E-state index contributed by atoms with van der Waals surface area (Å²) in [5.41, 5.74) is 2.31. The highest BCUT2D eigenvalue weighted by molar-refractivity contribution is 5.54. The summed E-state index contributed by atoms with van der Waals surface area (Å²) in [6, 6.07) is 14.8. The summed E-state index contributed by atoms with van der Waals surface area (Å²) in [5, 5.41) is 0. The summed E-state index contributed by atoms with van der Waals surface area (Å²) in [6.07, 6.45) is 7.48. The van der Waals surface area contributed by atoms with Gasteiger partial charge in [-0.2, -0.15) is 0 Å². The number of nitrogens with zero attached hydrogens (tertiary/aromatic N) is 4. The third kappa shape index (κ3) is 3.01. The van der Waals surface area contributed by atoms with E-state index in [1.165, 1.54) is 5.69 Å². The molecule has 22 heavy (non-hydrogen) atoms. The normalized spacial score (nSPS) is 12.1. The van der Waals surface area contributed by atoms with Gasteiger partial charge in [-0.05, 0) is 31.2 Å². The van der Waals surface area contributed by atoms with E-state index in [4.69, 9.17) is 0 Å². The Labute approximate surface area is 131 Å². The van der Waals surface area contributed by atoms with E-state index >= 15 is 0 Å². The molecule has 0 N–H and O–H groups in total. The predicted molar refractivity (Wildman–Crippen MR) is 89.8 cm³/mol. The number of para-hydroxylation sites is 1. The molecule has 0 fully saturated rings. The van der Waals surface area contributed by atoms with Gasteiger partial charge in [0.25, 0.3) is 0 Å². The zero-order valence-electron chi connectivity index (χ0n) is 12.9. The first-order valence-corrected chi connectivity index (χ1v) is 7.45. The fraction of sp³-hybridized carbons (Fsp3) is 0.222. The van der Waals surface area contributed by atoms with Crippen LogP contribution in [0.2, 0.25) is 0 Å². The standard InChI is InChI=1S/C18H20N4/c1-15(21(2)17-6-4-3-5-7-17)14-22-13-12-20-18(22)16-8-10-19-11-9-16/h3-13,15H,14H2,1-2H3/t15-/m0/s1. The lowest BCUT2D eigenvalue weighted by Crippen LogP contribution is -2.32. The van der Waals surface area contributed by atoms with Gasteiger partial charge in [-0.25, -0.2) is 4.98 Å². The number of aromatic nitrogens is 3. The molecule has 2 aromatic heterocycles. The molecular weight excluding hydrogens is 272 g/mol. The SMILES string of the molecule is C[C@@H](Cn1ccnc1-c1ccncc1)N(C)c1ccccc1. The summed E-state index contributed by atoms with van der Waals surface area (Å²) < 4.78 is 2.19. The zero-order valence-corrected chi connectivity index (χ0v) is 12.9. The zero-order chi connectivity index (χ0) is 15.4. The van der Waals surface area contributed by atoms with Gasteiger partial charge in [-0.1, -0.05) is 18.2 Å². The Morgan fingerprint density at radius 2 is 1.77 bits per heavy atom. The summed E-state index contributed by atoms with van der Waals surface area (Å²) in [7, 11) is 2.13. The van der Waals surface area contributed by atoms with E-state index in [-0.39, 0.29) is 0 Å². The van der Waals surface area contributed by atoms with E-state index in [0.29, 0.717) is 6.04 Å². The van der Waals surface area contributed by atoms with Crippen molar-refractivity contribution >= 4 is 5.69 Å². The van der Waals surface area contributed by atoms with Crippen molar-refractivity contribution in [2.45, 2.75) is 19.5 Å². The van der Waals surface area contributed by atoms with Crippen molar-refractivity contribution in [3.63, 3.8) is 0 Å². The number of imidazole rings is 1. The van der Waals surface area contributed by atoms with Crippen molar-refractivity contribution in [2.75, 3.05) is 11.9 Å². The van der Waals surface area contributed by atoms with E-state index < -0.39 is 0 Å². The van der Waals surface area contributed by atoms with Gasteiger partial charge in [0.15, 0.2) is 0 Å². The van der Waals surface area contributed by atoms with Crippen molar-refractivity contribution in [2.24, 2.45) is 0 Å². The summed E-state index contributed by atoms with van der Waals surface area (Å²) in [4.78, 5) is 10.8. The maximum absolute atomic E-state index is 4.49. The Balaban J connectivity index is 1.78. The summed E-state index contributed by atoms with van der Waals surface area (Å²) in [6.45, 7) is 3.10. The highest BCUT2D eigenvalue weighted by Gasteiger charge is 2.13. The quantitative estimate of drug-likeness (QED) is 0.722. The second-order valence-corrected chi connectivity index (χ2v) is 5.43. The van der Waals surface area contributed by atoms with Crippen molar-refractivity contribution in [1.82, 2.24) is 14.5 Å². The Morgan fingerprint density at radius 3 is 2.50 bits per heavy atom. The minimum atomic E-state index is 0.359. The van der Waals surface area contributed by atoms with E-state index in [1.807, 2.05) is 30.6 Å². The molecule has 0 spiro atoms. The molecular formula is C18H20N4. The van der Waals surface area contributed by atoms with E-state index in [2.05, 4.69) is 57.7 Å². The van der Waals surface area contributed by atoms with Gasteiger partial charge in [0.05, 0.1) is 0 Å². The van der Waals surface area contributed by atoms with E-state index in [1.54, 1.807) is 12.4 Å². The Bertz CT molecular complexity index is 706. The van der Waals surface area contributed by atoms with Crippen LogP contribution in [0.3, 0.4) is 0 Å². The van der Waals surface area contributed by atoms with Gasteiger partial charge >= 0.3 is 0 Å². The van der Waals surface area contributed by atoms with Crippen LogP contribution in [0.4, 0.5) is 5.69 Å². The van der Waals surface area contributed by atoms with Crippen molar-refractivity contribution in [1.29, 1.82) is 0 Å². The largest absolute Gasteiger partial charge is 0.370 e. The van der Waals surface area contributed by atoms with Crippen molar-refractivity contribution in [3.05, 3.63) is 67.3 Å². The molecule has 4 heteroatoms. The number of pyridine rings is 1. The Morgan fingerprint density at radius 1 is 1.05 bits per heavy atom. The van der Waals surface area contributed by atoms with Gasteiger partial charge < -0.3 is 9.47 Å². The molecule has 3 rings (SSSR count). The fourth-order valence-electron chi connectivity index (χ4n) is 2.54. The maximum atomic E-state index is 4.49. The Hall–Kier alpha value is -2.62. The molecule has 4 nitrogen and oxygen atoms in total. The molecule has 0 unspecified atom stereocenters. The molecule has 1 aromatic carbocycles. The molecule has 2 heterocycles. The van der Waals surface area contributed by atoms with Gasteiger partial charge in [-0.15, -0.1) is 0 Å². The minimum Gasteiger partial charge on any atom is -0.370 e. The smallest absolute Gasteiger partial charge is 0.140 e. The molecule has 0 saturated carbocycles. The Kier molecular flexibility index (Phi) is 4.19. The first kappa shape index (κ1) is 14.3. The van der Waals surface area contributed by atoms with Crippen LogP contribution in [-0.4, -0.2) is 27.6 Å². The molecule has 0 bridgehead atoms. The molecule has 0 amide bonds. The van der Waals surface area contributed by atoms with Crippen LogP contribution in [-0.2, 0) is 6.54 Å². The van der Waals surface area contributed by atoms with E-state index in [9.17, 15) is 0 Å². The number of anilines is 1. The highest BCUT2D eigenvalue weighted by Crippen LogP contribution is 2.19. The molecule has 0 radical (unpaired) electrons. The molecule has 3 aromatic rings. The number of rotatable bonds is 5. The van der Waals surface area contributed by atoms with E-state index in [0.717, 1.165) is 17.9 Å². The lowest BCUT2D eigenvalue weighted by atomic mass is 10.2. The summed E-state index contributed by atoms with van der Waals surface area (Å²) >= 11 is 0. The average Bonchev–Trinajstić information content (AvgIpc) is 3.04. The van der Waals surface area contributed by atoms with Crippen molar-refractivity contribution in [3.8, 4) is 11.4 Å².